The Hall–Kier alpha value is -1.30. The highest BCUT2D eigenvalue weighted by molar-refractivity contribution is 9.10. The molecule has 122 valence electrons. The minimum Gasteiger partial charge on any atom is -0.491 e. The maximum Gasteiger partial charge on any atom is 0.171 e. The fourth-order valence-corrected chi connectivity index (χ4v) is 2.51. The number of nitrogens with one attached hydrogen (secondary N) is 2. The summed E-state index contributed by atoms with van der Waals surface area (Å²) in [6.45, 7) is 4.65. The van der Waals surface area contributed by atoms with E-state index >= 15 is 0 Å². The number of anilines is 1. The third-order valence-corrected chi connectivity index (χ3v) is 4.40. The van der Waals surface area contributed by atoms with Gasteiger partial charge in [-0.25, -0.2) is 0 Å². The normalized spacial score (nSPS) is 10.5. The summed E-state index contributed by atoms with van der Waals surface area (Å²) in [4.78, 5) is 0. The first-order valence-electron chi connectivity index (χ1n) is 7.19. The summed E-state index contributed by atoms with van der Waals surface area (Å²) in [6, 6.07) is 13.6. The van der Waals surface area contributed by atoms with Crippen LogP contribution in [0.4, 0.5) is 5.69 Å². The molecule has 0 bridgehead atoms. The van der Waals surface area contributed by atoms with Gasteiger partial charge >= 0.3 is 0 Å². The molecule has 3 nitrogen and oxygen atoms in total. The van der Waals surface area contributed by atoms with E-state index in [-0.39, 0.29) is 6.10 Å². The second kappa shape index (κ2) is 8.52. The van der Waals surface area contributed by atoms with Crippen LogP contribution in [0.5, 0.6) is 5.75 Å². The largest absolute Gasteiger partial charge is 0.491 e. The SMILES string of the molecule is CC(C)Oc1ccc(CNC(=S)Nc2ccc(Br)c(Cl)c2)cc1. The highest BCUT2D eigenvalue weighted by atomic mass is 79.9. The van der Waals surface area contributed by atoms with Crippen molar-refractivity contribution in [3.05, 3.63) is 57.5 Å². The van der Waals surface area contributed by atoms with Crippen LogP contribution in [0.1, 0.15) is 19.4 Å². The maximum absolute atomic E-state index is 6.06. The van der Waals surface area contributed by atoms with Crippen molar-refractivity contribution in [2.75, 3.05) is 5.32 Å². The Kier molecular flexibility index (Phi) is 6.69. The van der Waals surface area contributed by atoms with Crippen molar-refractivity contribution in [3.63, 3.8) is 0 Å². The van der Waals surface area contributed by atoms with Gasteiger partial charge in [-0.15, -0.1) is 0 Å². The van der Waals surface area contributed by atoms with E-state index in [2.05, 4.69) is 26.6 Å². The minimum atomic E-state index is 0.175. The number of hydrogen-bond donors (Lipinski definition) is 2. The molecule has 0 aliphatic rings. The van der Waals surface area contributed by atoms with Gasteiger partial charge in [0.05, 0.1) is 11.1 Å². The van der Waals surface area contributed by atoms with Crippen LogP contribution in [-0.2, 0) is 6.54 Å². The number of ether oxygens (including phenoxy) is 1. The fourth-order valence-electron chi connectivity index (χ4n) is 1.89. The van der Waals surface area contributed by atoms with Crippen LogP contribution >= 0.6 is 39.7 Å². The molecule has 0 atom stereocenters. The van der Waals surface area contributed by atoms with Crippen molar-refractivity contribution in [1.82, 2.24) is 5.32 Å². The molecule has 2 rings (SSSR count). The van der Waals surface area contributed by atoms with Crippen LogP contribution in [0.3, 0.4) is 0 Å². The van der Waals surface area contributed by atoms with Gasteiger partial charge < -0.3 is 15.4 Å². The lowest BCUT2D eigenvalue weighted by atomic mass is 10.2. The van der Waals surface area contributed by atoms with E-state index in [9.17, 15) is 0 Å². The van der Waals surface area contributed by atoms with Gasteiger partial charge in [0.15, 0.2) is 5.11 Å². The Labute approximate surface area is 155 Å². The molecule has 2 aromatic carbocycles. The Morgan fingerprint density at radius 3 is 2.52 bits per heavy atom. The van der Waals surface area contributed by atoms with Gasteiger partial charge in [0, 0.05) is 16.7 Å². The first kappa shape index (κ1) is 18.0. The lowest BCUT2D eigenvalue weighted by Crippen LogP contribution is -2.27. The van der Waals surface area contributed by atoms with Gasteiger partial charge in [0.2, 0.25) is 0 Å². The molecular formula is C17H18BrClN2OS. The van der Waals surface area contributed by atoms with Gasteiger partial charge in [-0.05, 0) is 77.9 Å². The molecule has 0 aliphatic heterocycles. The van der Waals surface area contributed by atoms with Crippen LogP contribution in [0.25, 0.3) is 0 Å². The summed E-state index contributed by atoms with van der Waals surface area (Å²) in [5, 5.41) is 7.46. The smallest absolute Gasteiger partial charge is 0.171 e. The highest BCUT2D eigenvalue weighted by Crippen LogP contribution is 2.25. The lowest BCUT2D eigenvalue weighted by Gasteiger charge is -2.12. The lowest BCUT2D eigenvalue weighted by molar-refractivity contribution is 0.242. The molecule has 0 unspecified atom stereocenters. The van der Waals surface area contributed by atoms with E-state index < -0.39 is 0 Å². The van der Waals surface area contributed by atoms with Crippen molar-refractivity contribution in [2.24, 2.45) is 0 Å². The molecule has 0 amide bonds. The van der Waals surface area contributed by atoms with Gasteiger partial charge in [-0.3, -0.25) is 0 Å². The summed E-state index contributed by atoms with van der Waals surface area (Å²) in [5.74, 6) is 0.869. The van der Waals surface area contributed by atoms with E-state index in [1.807, 2.05) is 56.3 Å². The minimum absolute atomic E-state index is 0.175. The number of halogens is 2. The van der Waals surface area contributed by atoms with E-state index in [4.69, 9.17) is 28.6 Å². The van der Waals surface area contributed by atoms with E-state index in [1.165, 1.54) is 0 Å². The Morgan fingerprint density at radius 2 is 1.91 bits per heavy atom. The molecule has 0 spiro atoms. The molecule has 0 saturated heterocycles. The fraction of sp³-hybridized carbons (Fsp3) is 0.235. The van der Waals surface area contributed by atoms with Gasteiger partial charge in [0.25, 0.3) is 0 Å². The van der Waals surface area contributed by atoms with Crippen molar-refractivity contribution in [3.8, 4) is 5.75 Å². The summed E-state index contributed by atoms with van der Waals surface area (Å²) < 4.78 is 6.47. The van der Waals surface area contributed by atoms with E-state index in [1.54, 1.807) is 0 Å². The maximum atomic E-state index is 6.06. The van der Waals surface area contributed by atoms with E-state index in [0.717, 1.165) is 21.5 Å². The summed E-state index contributed by atoms with van der Waals surface area (Å²) in [5.41, 5.74) is 1.97. The summed E-state index contributed by atoms with van der Waals surface area (Å²) in [7, 11) is 0. The quantitative estimate of drug-likeness (QED) is 0.645. The molecule has 0 radical (unpaired) electrons. The van der Waals surface area contributed by atoms with Crippen molar-refractivity contribution < 1.29 is 4.74 Å². The molecule has 2 N–H and O–H groups in total. The van der Waals surface area contributed by atoms with Crippen molar-refractivity contribution in [1.29, 1.82) is 0 Å². The van der Waals surface area contributed by atoms with Gasteiger partial charge in [-0.1, -0.05) is 23.7 Å². The zero-order valence-electron chi connectivity index (χ0n) is 12.9. The Morgan fingerprint density at radius 1 is 1.22 bits per heavy atom. The van der Waals surface area contributed by atoms with Crippen molar-refractivity contribution in [2.45, 2.75) is 26.5 Å². The Bertz CT molecular complexity index is 677. The van der Waals surface area contributed by atoms with Crippen LogP contribution in [-0.4, -0.2) is 11.2 Å². The number of benzene rings is 2. The predicted octanol–water partition coefficient (Wildman–Crippen LogP) is 5.38. The Balaban J connectivity index is 1.85. The van der Waals surface area contributed by atoms with E-state index in [0.29, 0.717) is 16.7 Å². The second-order valence-electron chi connectivity index (χ2n) is 5.25. The highest BCUT2D eigenvalue weighted by Gasteiger charge is 2.02. The first-order chi connectivity index (χ1) is 10.9. The summed E-state index contributed by atoms with van der Waals surface area (Å²) >= 11 is 14.7. The zero-order chi connectivity index (χ0) is 16.8. The number of thiocarbonyl (C=S) groups is 1. The van der Waals surface area contributed by atoms with Crippen LogP contribution < -0.4 is 15.4 Å². The molecule has 2 aromatic rings. The molecule has 0 aromatic heterocycles. The zero-order valence-corrected chi connectivity index (χ0v) is 16.1. The average molecular weight is 414 g/mol. The molecular weight excluding hydrogens is 396 g/mol. The average Bonchev–Trinajstić information content (AvgIpc) is 2.50. The number of rotatable bonds is 5. The molecule has 6 heteroatoms. The van der Waals surface area contributed by atoms with Crippen molar-refractivity contribution >= 4 is 50.5 Å². The predicted molar refractivity (Wildman–Crippen MR) is 104 cm³/mol. The topological polar surface area (TPSA) is 33.3 Å². The third kappa shape index (κ3) is 6.01. The molecule has 23 heavy (non-hydrogen) atoms. The monoisotopic (exact) mass is 412 g/mol. The standard InChI is InChI=1S/C17H18BrClN2OS/c1-11(2)22-14-6-3-12(4-7-14)10-20-17(23)21-13-5-8-15(18)16(19)9-13/h3-9,11H,10H2,1-2H3,(H2,20,21,23). The van der Waals surface area contributed by atoms with Crippen LogP contribution in [0.2, 0.25) is 5.02 Å². The number of hydrogen-bond acceptors (Lipinski definition) is 2. The summed E-state index contributed by atoms with van der Waals surface area (Å²) in [6.07, 6.45) is 0.175. The van der Waals surface area contributed by atoms with Crippen LogP contribution in [0, 0.1) is 0 Å². The van der Waals surface area contributed by atoms with Crippen LogP contribution in [0.15, 0.2) is 46.9 Å². The first-order valence-corrected chi connectivity index (χ1v) is 8.77. The molecule has 0 saturated carbocycles. The van der Waals surface area contributed by atoms with Gasteiger partial charge in [-0.2, -0.15) is 0 Å². The molecule has 0 heterocycles. The van der Waals surface area contributed by atoms with Gasteiger partial charge in [0.1, 0.15) is 5.75 Å². The third-order valence-electron chi connectivity index (χ3n) is 2.93. The second-order valence-corrected chi connectivity index (χ2v) is 6.92. The molecule has 0 fully saturated rings. The molecule has 0 aliphatic carbocycles.